The lowest BCUT2D eigenvalue weighted by Gasteiger charge is -2.54. The summed E-state index contributed by atoms with van der Waals surface area (Å²) in [6, 6.07) is 0. The van der Waals surface area contributed by atoms with Gasteiger partial charge < -0.3 is 0 Å². The SMILES string of the molecule is CC[C@]12CC[C@H]3[C@@H](CC(C)C4=CC(=O)CC[C@@H]43)[C@@H]1CCC2=O. The van der Waals surface area contributed by atoms with Crippen molar-refractivity contribution in [2.75, 3.05) is 0 Å². The molecule has 0 amide bonds. The highest BCUT2D eigenvalue weighted by molar-refractivity contribution is 5.91. The van der Waals surface area contributed by atoms with Crippen molar-refractivity contribution < 1.29 is 9.59 Å². The van der Waals surface area contributed by atoms with Gasteiger partial charge >= 0.3 is 0 Å². The molecule has 1 unspecified atom stereocenters. The zero-order valence-electron chi connectivity index (χ0n) is 13.9. The smallest absolute Gasteiger partial charge is 0.155 e. The molecule has 0 aliphatic heterocycles. The van der Waals surface area contributed by atoms with E-state index < -0.39 is 0 Å². The van der Waals surface area contributed by atoms with E-state index >= 15 is 0 Å². The summed E-state index contributed by atoms with van der Waals surface area (Å²) < 4.78 is 0. The van der Waals surface area contributed by atoms with Crippen molar-refractivity contribution in [3.63, 3.8) is 0 Å². The first kappa shape index (κ1) is 14.7. The molecule has 0 heterocycles. The molecule has 3 fully saturated rings. The average molecular weight is 300 g/mol. The van der Waals surface area contributed by atoms with E-state index in [0.29, 0.717) is 29.3 Å². The summed E-state index contributed by atoms with van der Waals surface area (Å²) in [7, 11) is 0. The van der Waals surface area contributed by atoms with E-state index in [0.717, 1.165) is 50.4 Å². The van der Waals surface area contributed by atoms with Crippen molar-refractivity contribution in [2.45, 2.75) is 65.2 Å². The molecule has 2 heteroatoms. The van der Waals surface area contributed by atoms with E-state index in [1.54, 1.807) is 0 Å². The minimum Gasteiger partial charge on any atom is -0.299 e. The molecule has 6 atom stereocenters. The largest absolute Gasteiger partial charge is 0.299 e. The van der Waals surface area contributed by atoms with Crippen LogP contribution in [0.2, 0.25) is 0 Å². The number of fused-ring (bicyclic) bond motifs is 5. The monoisotopic (exact) mass is 300 g/mol. The third-order valence-corrected chi connectivity index (χ3v) is 7.74. The zero-order valence-corrected chi connectivity index (χ0v) is 13.9. The van der Waals surface area contributed by atoms with Crippen LogP contribution in [0.4, 0.5) is 0 Å². The topological polar surface area (TPSA) is 34.1 Å². The Balaban J connectivity index is 1.69. The highest BCUT2D eigenvalue weighted by Gasteiger charge is 2.58. The molecule has 0 bridgehead atoms. The van der Waals surface area contributed by atoms with Crippen LogP contribution in [0.5, 0.6) is 0 Å². The summed E-state index contributed by atoms with van der Waals surface area (Å²) in [4.78, 5) is 24.4. The van der Waals surface area contributed by atoms with Gasteiger partial charge in [0.1, 0.15) is 5.78 Å². The molecule has 4 aliphatic carbocycles. The molecule has 2 nitrogen and oxygen atoms in total. The molecule has 4 rings (SSSR count). The standard InChI is InChI=1S/C20H28O2/c1-3-20-9-8-15-14-5-4-13(21)11-16(14)12(2)10-17(15)18(20)6-7-19(20)22/h11-12,14-15,17-18H,3-10H2,1-2H3/t12?,14-,15-,17-,18+,20+/m1/s1. The molecule has 22 heavy (non-hydrogen) atoms. The van der Waals surface area contributed by atoms with Crippen molar-refractivity contribution >= 4 is 11.6 Å². The lowest BCUT2D eigenvalue weighted by atomic mass is 9.50. The Labute approximate surface area is 133 Å². The molecule has 4 aliphatic rings. The van der Waals surface area contributed by atoms with E-state index in [-0.39, 0.29) is 5.41 Å². The van der Waals surface area contributed by atoms with Gasteiger partial charge in [-0.15, -0.1) is 0 Å². The summed E-state index contributed by atoms with van der Waals surface area (Å²) in [5.74, 6) is 4.18. The molecule has 0 radical (unpaired) electrons. The number of hydrogen-bond donors (Lipinski definition) is 0. The summed E-state index contributed by atoms with van der Waals surface area (Å²) in [5.41, 5.74) is 1.47. The minimum absolute atomic E-state index is 0.0204. The van der Waals surface area contributed by atoms with Crippen molar-refractivity contribution in [1.82, 2.24) is 0 Å². The molecule has 0 spiro atoms. The fraction of sp³-hybridized carbons (Fsp3) is 0.800. The second-order valence-electron chi connectivity index (χ2n) is 8.34. The van der Waals surface area contributed by atoms with Gasteiger partial charge in [0.25, 0.3) is 0 Å². The van der Waals surface area contributed by atoms with Gasteiger partial charge in [-0.25, -0.2) is 0 Å². The third kappa shape index (κ3) is 1.85. The van der Waals surface area contributed by atoms with Crippen LogP contribution in [0, 0.1) is 35.0 Å². The summed E-state index contributed by atoms with van der Waals surface area (Å²) in [5, 5.41) is 0. The number of allylic oxidation sites excluding steroid dienone is 1. The van der Waals surface area contributed by atoms with E-state index in [2.05, 4.69) is 13.8 Å². The quantitative estimate of drug-likeness (QED) is 0.722. The second kappa shape index (κ2) is 5.04. The Hall–Kier alpha value is -0.920. The van der Waals surface area contributed by atoms with Gasteiger partial charge in [0, 0.05) is 18.3 Å². The van der Waals surface area contributed by atoms with Crippen LogP contribution in [0.1, 0.15) is 65.2 Å². The Morgan fingerprint density at radius 1 is 1.14 bits per heavy atom. The first-order valence-corrected chi connectivity index (χ1v) is 9.34. The van der Waals surface area contributed by atoms with Crippen LogP contribution in [0.15, 0.2) is 11.6 Å². The average Bonchev–Trinajstić information content (AvgIpc) is 2.85. The van der Waals surface area contributed by atoms with Gasteiger partial charge in [-0.1, -0.05) is 19.4 Å². The fourth-order valence-electron chi connectivity index (χ4n) is 6.72. The Morgan fingerprint density at radius 2 is 1.95 bits per heavy atom. The van der Waals surface area contributed by atoms with Crippen LogP contribution in [-0.2, 0) is 9.59 Å². The molecule has 0 aromatic carbocycles. The van der Waals surface area contributed by atoms with Crippen LogP contribution in [0.25, 0.3) is 0 Å². The number of rotatable bonds is 1. The first-order chi connectivity index (χ1) is 10.6. The lowest BCUT2D eigenvalue weighted by Crippen LogP contribution is -2.49. The zero-order chi connectivity index (χ0) is 15.5. The van der Waals surface area contributed by atoms with Gasteiger partial charge in [-0.05, 0) is 74.2 Å². The van der Waals surface area contributed by atoms with Gasteiger partial charge in [0.05, 0.1) is 0 Å². The fourth-order valence-corrected chi connectivity index (χ4v) is 6.72. The summed E-state index contributed by atoms with van der Waals surface area (Å²) in [6.07, 6.45) is 10.3. The maximum absolute atomic E-state index is 12.6. The third-order valence-electron chi connectivity index (χ3n) is 7.74. The summed E-state index contributed by atoms with van der Waals surface area (Å²) in [6.45, 7) is 4.54. The van der Waals surface area contributed by atoms with Crippen LogP contribution in [-0.4, -0.2) is 11.6 Å². The molecule has 0 aromatic rings. The molecule has 0 saturated heterocycles. The predicted molar refractivity (Wildman–Crippen MR) is 86.3 cm³/mol. The predicted octanol–water partition coefficient (Wildman–Crippen LogP) is 4.33. The Bertz CT molecular complexity index is 546. The number of carbonyl (C=O) groups is 2. The number of Topliss-reactive ketones (excluding diaryl/α,β-unsaturated/α-hetero) is 1. The van der Waals surface area contributed by atoms with Gasteiger partial charge in [-0.2, -0.15) is 0 Å². The Morgan fingerprint density at radius 3 is 2.73 bits per heavy atom. The molecule has 0 aromatic heterocycles. The number of carbonyl (C=O) groups excluding carboxylic acids is 2. The molecule has 0 N–H and O–H groups in total. The van der Waals surface area contributed by atoms with E-state index in [9.17, 15) is 9.59 Å². The van der Waals surface area contributed by atoms with Gasteiger partial charge in [-0.3, -0.25) is 9.59 Å². The Kier molecular flexibility index (Phi) is 3.36. The number of hydrogen-bond acceptors (Lipinski definition) is 2. The van der Waals surface area contributed by atoms with Crippen molar-refractivity contribution in [1.29, 1.82) is 0 Å². The highest BCUT2D eigenvalue weighted by Crippen LogP contribution is 2.62. The van der Waals surface area contributed by atoms with Crippen LogP contribution >= 0.6 is 0 Å². The summed E-state index contributed by atoms with van der Waals surface area (Å²) >= 11 is 0. The van der Waals surface area contributed by atoms with Crippen LogP contribution < -0.4 is 0 Å². The molecule has 120 valence electrons. The minimum atomic E-state index is 0.0204. The normalized spacial score (nSPS) is 47.5. The van der Waals surface area contributed by atoms with Crippen molar-refractivity contribution in [3.05, 3.63) is 11.6 Å². The first-order valence-electron chi connectivity index (χ1n) is 9.34. The maximum atomic E-state index is 12.6. The maximum Gasteiger partial charge on any atom is 0.155 e. The van der Waals surface area contributed by atoms with Gasteiger partial charge in [0.15, 0.2) is 5.78 Å². The molecular formula is C20H28O2. The van der Waals surface area contributed by atoms with E-state index in [1.807, 2.05) is 6.08 Å². The lowest BCUT2D eigenvalue weighted by molar-refractivity contribution is -0.133. The second-order valence-corrected chi connectivity index (χ2v) is 8.34. The number of ketones is 2. The van der Waals surface area contributed by atoms with Crippen molar-refractivity contribution in [3.8, 4) is 0 Å². The van der Waals surface area contributed by atoms with Gasteiger partial charge in [0.2, 0.25) is 0 Å². The van der Waals surface area contributed by atoms with E-state index in [4.69, 9.17) is 0 Å². The molecule has 3 saturated carbocycles. The van der Waals surface area contributed by atoms with Crippen molar-refractivity contribution in [2.24, 2.45) is 35.0 Å². The van der Waals surface area contributed by atoms with Crippen LogP contribution in [0.3, 0.4) is 0 Å². The highest BCUT2D eigenvalue weighted by atomic mass is 16.1. The molecular weight excluding hydrogens is 272 g/mol. The van der Waals surface area contributed by atoms with E-state index in [1.165, 1.54) is 18.4 Å².